The summed E-state index contributed by atoms with van der Waals surface area (Å²) in [6, 6.07) is 7.00. The van der Waals surface area contributed by atoms with E-state index >= 15 is 0 Å². The number of carbonyl (C=O) groups excluding carboxylic acids is 1. The van der Waals surface area contributed by atoms with Crippen molar-refractivity contribution in [3.05, 3.63) is 34.9 Å². The summed E-state index contributed by atoms with van der Waals surface area (Å²) in [4.78, 5) is 12.0. The first-order valence-electron chi connectivity index (χ1n) is 6.86. The number of carbonyl (C=O) groups is 1. The number of halogens is 1. The van der Waals surface area contributed by atoms with Crippen molar-refractivity contribution in [2.24, 2.45) is 0 Å². The highest BCUT2D eigenvalue weighted by atomic mass is 35.5. The fraction of sp³-hybridized carbons (Fsp3) is 0.533. The molecule has 5 heteroatoms. The highest BCUT2D eigenvalue weighted by Gasteiger charge is 2.24. The first kappa shape index (κ1) is 16.8. The average Bonchev–Trinajstić information content (AvgIpc) is 2.39. The van der Waals surface area contributed by atoms with E-state index in [0.29, 0.717) is 11.4 Å². The number of benzene rings is 1. The van der Waals surface area contributed by atoms with Crippen molar-refractivity contribution < 1.29 is 9.90 Å². The second-order valence-electron chi connectivity index (χ2n) is 5.23. The number of nitrogens with one attached hydrogen (secondary N) is 2. The van der Waals surface area contributed by atoms with Gasteiger partial charge in [0.1, 0.15) is 0 Å². The van der Waals surface area contributed by atoms with Crippen molar-refractivity contribution in [3.63, 3.8) is 0 Å². The number of urea groups is 1. The molecule has 0 heterocycles. The molecule has 0 fully saturated rings. The Hall–Kier alpha value is -1.26. The monoisotopic (exact) mass is 298 g/mol. The fourth-order valence-corrected chi connectivity index (χ4v) is 2.28. The normalized spacial score (nSPS) is 15.2. The molecule has 0 saturated carbocycles. The lowest BCUT2D eigenvalue weighted by Gasteiger charge is -2.30. The predicted octanol–water partition coefficient (Wildman–Crippen LogP) is 3.25. The van der Waals surface area contributed by atoms with Crippen LogP contribution in [-0.2, 0) is 0 Å². The van der Waals surface area contributed by atoms with E-state index in [4.69, 9.17) is 16.7 Å². The summed E-state index contributed by atoms with van der Waals surface area (Å²) in [5, 5.41) is 15.5. The highest BCUT2D eigenvalue weighted by Crippen LogP contribution is 2.22. The Labute approximate surface area is 125 Å². The number of aliphatic hydroxyl groups is 1. The number of amides is 2. The summed E-state index contributed by atoms with van der Waals surface area (Å²) in [5.74, 6) is 0. The molecule has 2 unspecified atom stereocenters. The van der Waals surface area contributed by atoms with Crippen LogP contribution in [0.15, 0.2) is 24.3 Å². The molecule has 4 nitrogen and oxygen atoms in total. The minimum Gasteiger partial charge on any atom is -0.396 e. The van der Waals surface area contributed by atoms with Crippen molar-refractivity contribution in [1.29, 1.82) is 0 Å². The second kappa shape index (κ2) is 7.50. The molecule has 2 atom stereocenters. The first-order chi connectivity index (χ1) is 9.41. The van der Waals surface area contributed by atoms with E-state index in [9.17, 15) is 4.79 Å². The topological polar surface area (TPSA) is 61.4 Å². The van der Waals surface area contributed by atoms with Gasteiger partial charge in [0.25, 0.3) is 0 Å². The van der Waals surface area contributed by atoms with E-state index in [0.717, 1.165) is 12.0 Å². The zero-order chi connectivity index (χ0) is 15.2. The highest BCUT2D eigenvalue weighted by molar-refractivity contribution is 6.31. The molecule has 1 aromatic carbocycles. The molecule has 0 bridgehead atoms. The Kier molecular flexibility index (Phi) is 6.30. The summed E-state index contributed by atoms with van der Waals surface area (Å²) < 4.78 is 0. The molecule has 20 heavy (non-hydrogen) atoms. The summed E-state index contributed by atoms with van der Waals surface area (Å²) in [5.41, 5.74) is 0.476. The quantitative estimate of drug-likeness (QED) is 0.755. The number of hydrogen-bond donors (Lipinski definition) is 3. The summed E-state index contributed by atoms with van der Waals surface area (Å²) in [6.45, 7) is 5.83. The van der Waals surface area contributed by atoms with Crippen molar-refractivity contribution in [2.75, 3.05) is 6.61 Å². The minimum atomic E-state index is -0.404. The number of rotatable bonds is 6. The molecular formula is C15H23ClN2O2. The minimum absolute atomic E-state index is 0.0463. The van der Waals surface area contributed by atoms with Crippen LogP contribution in [0.3, 0.4) is 0 Å². The maximum atomic E-state index is 12.0. The fourth-order valence-electron chi connectivity index (χ4n) is 1.99. The van der Waals surface area contributed by atoms with Gasteiger partial charge in [-0.1, -0.05) is 36.7 Å². The van der Waals surface area contributed by atoms with Crippen LogP contribution in [0.1, 0.15) is 45.2 Å². The van der Waals surface area contributed by atoms with E-state index in [1.165, 1.54) is 0 Å². The Morgan fingerprint density at radius 3 is 2.65 bits per heavy atom. The van der Waals surface area contributed by atoms with E-state index in [-0.39, 0.29) is 18.7 Å². The molecule has 112 valence electrons. The van der Waals surface area contributed by atoms with Gasteiger partial charge in [-0.2, -0.15) is 0 Å². The largest absolute Gasteiger partial charge is 0.396 e. The molecular weight excluding hydrogens is 276 g/mol. The van der Waals surface area contributed by atoms with Crippen LogP contribution in [0.2, 0.25) is 5.02 Å². The summed E-state index contributed by atoms with van der Waals surface area (Å²) >= 11 is 6.11. The van der Waals surface area contributed by atoms with Gasteiger partial charge in [-0.05, 0) is 38.3 Å². The number of hydrogen-bond acceptors (Lipinski definition) is 2. The smallest absolute Gasteiger partial charge is 0.315 e. The SMILES string of the molecule is CCC(C)(CCO)NC(=O)NC(C)c1ccccc1Cl. The van der Waals surface area contributed by atoms with Crippen molar-refractivity contribution in [2.45, 2.75) is 45.2 Å². The predicted molar refractivity (Wildman–Crippen MR) is 81.9 cm³/mol. The molecule has 0 aliphatic heterocycles. The Morgan fingerprint density at radius 1 is 1.45 bits per heavy atom. The van der Waals surface area contributed by atoms with Gasteiger partial charge in [-0.15, -0.1) is 0 Å². The first-order valence-corrected chi connectivity index (χ1v) is 7.23. The summed E-state index contributed by atoms with van der Waals surface area (Å²) in [7, 11) is 0. The van der Waals surface area contributed by atoms with Gasteiger partial charge in [0.2, 0.25) is 0 Å². The van der Waals surface area contributed by atoms with Crippen LogP contribution in [0.25, 0.3) is 0 Å². The molecule has 1 aromatic rings. The van der Waals surface area contributed by atoms with E-state index in [1.54, 1.807) is 6.07 Å². The van der Waals surface area contributed by atoms with Crippen LogP contribution in [0.4, 0.5) is 4.79 Å². The average molecular weight is 299 g/mol. The van der Waals surface area contributed by atoms with Crippen LogP contribution in [0, 0.1) is 0 Å². The third-order valence-electron chi connectivity index (χ3n) is 3.58. The van der Waals surface area contributed by atoms with Crippen LogP contribution in [-0.4, -0.2) is 23.3 Å². The van der Waals surface area contributed by atoms with Crippen LogP contribution >= 0.6 is 11.6 Å². The summed E-state index contributed by atoms with van der Waals surface area (Å²) in [6.07, 6.45) is 1.28. The molecule has 1 rings (SSSR count). The molecule has 0 spiro atoms. The molecule has 3 N–H and O–H groups in total. The second-order valence-corrected chi connectivity index (χ2v) is 5.64. The van der Waals surface area contributed by atoms with E-state index < -0.39 is 5.54 Å². The van der Waals surface area contributed by atoms with Crippen molar-refractivity contribution >= 4 is 17.6 Å². The van der Waals surface area contributed by atoms with E-state index in [1.807, 2.05) is 39.0 Å². The van der Waals surface area contributed by atoms with Gasteiger partial charge < -0.3 is 15.7 Å². The van der Waals surface area contributed by atoms with Crippen LogP contribution < -0.4 is 10.6 Å². The Morgan fingerprint density at radius 2 is 2.10 bits per heavy atom. The van der Waals surface area contributed by atoms with E-state index in [2.05, 4.69) is 10.6 Å². The standard InChI is InChI=1S/C15H23ClN2O2/c1-4-15(3,9-10-19)18-14(20)17-11(2)12-7-5-6-8-13(12)16/h5-8,11,19H,4,9-10H2,1-3H3,(H2,17,18,20). The molecule has 0 radical (unpaired) electrons. The zero-order valence-electron chi connectivity index (χ0n) is 12.2. The van der Waals surface area contributed by atoms with Gasteiger partial charge in [0.05, 0.1) is 6.04 Å². The van der Waals surface area contributed by atoms with Gasteiger partial charge >= 0.3 is 6.03 Å². The lowest BCUT2D eigenvalue weighted by atomic mass is 9.95. The third kappa shape index (κ3) is 4.69. The Bertz CT molecular complexity index is 453. The lowest BCUT2D eigenvalue weighted by Crippen LogP contribution is -2.50. The third-order valence-corrected chi connectivity index (χ3v) is 3.92. The van der Waals surface area contributed by atoms with Crippen LogP contribution in [0.5, 0.6) is 0 Å². The molecule has 0 aliphatic carbocycles. The zero-order valence-corrected chi connectivity index (χ0v) is 13.0. The van der Waals surface area contributed by atoms with Gasteiger partial charge in [0, 0.05) is 17.2 Å². The van der Waals surface area contributed by atoms with Gasteiger partial charge in [-0.25, -0.2) is 4.79 Å². The number of aliphatic hydroxyl groups excluding tert-OH is 1. The van der Waals surface area contributed by atoms with Crippen molar-refractivity contribution in [1.82, 2.24) is 10.6 Å². The molecule has 2 amide bonds. The van der Waals surface area contributed by atoms with Gasteiger partial charge in [0.15, 0.2) is 0 Å². The lowest BCUT2D eigenvalue weighted by molar-refractivity contribution is 0.199. The molecule has 0 aliphatic rings. The maximum absolute atomic E-state index is 12.0. The van der Waals surface area contributed by atoms with Gasteiger partial charge in [-0.3, -0.25) is 0 Å². The Balaban J connectivity index is 2.64. The molecule has 0 saturated heterocycles. The molecule has 0 aromatic heterocycles. The van der Waals surface area contributed by atoms with Crippen molar-refractivity contribution in [3.8, 4) is 0 Å². The maximum Gasteiger partial charge on any atom is 0.315 e.